The number of aromatic nitrogens is 2. The first-order valence-corrected chi connectivity index (χ1v) is 6.24. The van der Waals surface area contributed by atoms with Gasteiger partial charge in [-0.25, -0.2) is 14.8 Å². The molecule has 9 heteroatoms. The molecule has 0 saturated heterocycles. The van der Waals surface area contributed by atoms with Crippen molar-refractivity contribution >= 4 is 23.4 Å². The molecule has 0 unspecified atom stereocenters. The Hall–Kier alpha value is -2.99. The highest BCUT2D eigenvalue weighted by atomic mass is 32.2. The average Bonchev–Trinajstić information content (AvgIpc) is 2.47. The van der Waals surface area contributed by atoms with E-state index >= 15 is 0 Å². The number of rotatable bonds is 4. The van der Waals surface area contributed by atoms with Crippen LogP contribution in [0, 0.1) is 21.4 Å². The largest absolute Gasteiger partial charge is 0.478 e. The topological polar surface area (TPSA) is 130 Å². The maximum atomic E-state index is 11.0. The van der Waals surface area contributed by atoms with Gasteiger partial charge in [-0.05, 0) is 23.9 Å². The minimum Gasteiger partial charge on any atom is -0.478 e. The number of hydrogen-bond donors (Lipinski definition) is 1. The maximum absolute atomic E-state index is 11.0. The zero-order valence-corrected chi connectivity index (χ0v) is 11.1. The van der Waals surface area contributed by atoms with E-state index in [9.17, 15) is 14.9 Å². The zero-order valence-electron chi connectivity index (χ0n) is 10.3. The third kappa shape index (κ3) is 3.31. The molecule has 2 aromatic heterocycles. The van der Waals surface area contributed by atoms with Crippen LogP contribution < -0.4 is 0 Å². The third-order valence-corrected chi connectivity index (χ3v) is 3.28. The lowest BCUT2D eigenvalue weighted by atomic mass is 10.3. The summed E-state index contributed by atoms with van der Waals surface area (Å²) in [4.78, 5) is 29.0. The van der Waals surface area contributed by atoms with Gasteiger partial charge in [-0.2, -0.15) is 5.26 Å². The Balaban J connectivity index is 2.40. The van der Waals surface area contributed by atoms with E-state index in [0.717, 1.165) is 17.8 Å². The predicted octanol–water partition coefficient (Wildman–Crippen LogP) is 2.11. The number of carbonyl (C=O) groups is 1. The lowest BCUT2D eigenvalue weighted by Gasteiger charge is -2.02. The van der Waals surface area contributed by atoms with Crippen molar-refractivity contribution in [1.82, 2.24) is 9.97 Å². The fourth-order valence-electron chi connectivity index (χ4n) is 1.41. The van der Waals surface area contributed by atoms with Crippen LogP contribution in [0.1, 0.15) is 15.9 Å². The Morgan fingerprint density at radius 3 is 2.81 bits per heavy atom. The molecule has 0 fully saturated rings. The molecule has 0 aliphatic carbocycles. The molecule has 0 spiro atoms. The molecule has 0 aliphatic rings. The summed E-state index contributed by atoms with van der Waals surface area (Å²) in [5.74, 6) is -1.12. The van der Waals surface area contributed by atoms with E-state index in [-0.39, 0.29) is 26.9 Å². The van der Waals surface area contributed by atoms with Gasteiger partial charge in [0, 0.05) is 18.5 Å². The van der Waals surface area contributed by atoms with Crippen LogP contribution in [0.25, 0.3) is 0 Å². The van der Waals surface area contributed by atoms with E-state index in [2.05, 4.69) is 9.97 Å². The fraction of sp³-hybridized carbons (Fsp3) is 0. The van der Waals surface area contributed by atoms with E-state index < -0.39 is 10.9 Å². The van der Waals surface area contributed by atoms with E-state index in [1.54, 1.807) is 6.07 Å². The standard InChI is InChI=1S/C12H6N4O4S/c13-5-7-3-9(16(19)20)11(15-6-7)21-10-4-8(12(17)18)1-2-14-10/h1-4,6H,(H,17,18). The van der Waals surface area contributed by atoms with Gasteiger partial charge in [0.15, 0.2) is 5.03 Å². The number of nitro groups is 1. The van der Waals surface area contributed by atoms with Gasteiger partial charge in [-0.15, -0.1) is 0 Å². The fourth-order valence-corrected chi connectivity index (χ4v) is 2.25. The van der Waals surface area contributed by atoms with Gasteiger partial charge in [0.1, 0.15) is 11.1 Å². The number of nitrogens with zero attached hydrogens (tertiary/aromatic N) is 4. The molecule has 104 valence electrons. The summed E-state index contributed by atoms with van der Waals surface area (Å²) in [7, 11) is 0. The predicted molar refractivity (Wildman–Crippen MR) is 70.9 cm³/mol. The third-order valence-electron chi connectivity index (χ3n) is 2.34. The molecule has 0 saturated carbocycles. The number of hydrogen-bond acceptors (Lipinski definition) is 7. The number of pyridine rings is 2. The molecule has 0 bridgehead atoms. The molecule has 1 N–H and O–H groups in total. The minimum atomic E-state index is -1.12. The monoisotopic (exact) mass is 302 g/mol. The van der Waals surface area contributed by atoms with E-state index in [4.69, 9.17) is 10.4 Å². The second kappa shape index (κ2) is 5.98. The van der Waals surface area contributed by atoms with E-state index in [1.807, 2.05) is 0 Å². The van der Waals surface area contributed by atoms with Crippen molar-refractivity contribution in [2.24, 2.45) is 0 Å². The summed E-state index contributed by atoms with van der Waals surface area (Å²) < 4.78 is 0. The Labute approximate surface area is 122 Å². The van der Waals surface area contributed by atoms with Crippen LogP contribution in [-0.4, -0.2) is 26.0 Å². The van der Waals surface area contributed by atoms with Crippen LogP contribution in [0.15, 0.2) is 40.6 Å². The van der Waals surface area contributed by atoms with Gasteiger partial charge in [-0.1, -0.05) is 0 Å². The molecular weight excluding hydrogens is 296 g/mol. The molecule has 21 heavy (non-hydrogen) atoms. The summed E-state index contributed by atoms with van der Waals surface area (Å²) >= 11 is 0.857. The number of aromatic carboxylic acids is 1. The first kappa shape index (κ1) is 14.4. The average molecular weight is 302 g/mol. The molecular formula is C12H6N4O4S. The second-order valence-electron chi connectivity index (χ2n) is 3.71. The van der Waals surface area contributed by atoms with Gasteiger partial charge < -0.3 is 5.11 Å². The highest BCUT2D eigenvalue weighted by Crippen LogP contribution is 2.32. The highest BCUT2D eigenvalue weighted by molar-refractivity contribution is 7.99. The molecule has 2 rings (SSSR count). The van der Waals surface area contributed by atoms with Crippen LogP contribution >= 0.6 is 11.8 Å². The van der Waals surface area contributed by atoms with Crippen molar-refractivity contribution in [3.05, 3.63) is 51.8 Å². The second-order valence-corrected chi connectivity index (χ2v) is 4.72. The van der Waals surface area contributed by atoms with Crippen LogP contribution in [0.2, 0.25) is 0 Å². The van der Waals surface area contributed by atoms with Crippen molar-refractivity contribution in [3.63, 3.8) is 0 Å². The Kier molecular flexibility index (Phi) is 4.10. The summed E-state index contributed by atoms with van der Waals surface area (Å²) in [6, 6.07) is 5.48. The molecule has 0 amide bonds. The normalized spacial score (nSPS) is 9.86. The summed E-state index contributed by atoms with van der Waals surface area (Å²) in [6.45, 7) is 0. The van der Waals surface area contributed by atoms with Crippen molar-refractivity contribution in [2.45, 2.75) is 10.1 Å². The summed E-state index contributed by atoms with van der Waals surface area (Å²) in [5.41, 5.74) is -0.247. The van der Waals surface area contributed by atoms with Crippen LogP contribution in [0.5, 0.6) is 0 Å². The zero-order chi connectivity index (χ0) is 15.4. The molecule has 0 radical (unpaired) electrons. The molecule has 0 atom stereocenters. The van der Waals surface area contributed by atoms with Crippen LogP contribution in [0.3, 0.4) is 0 Å². The van der Waals surface area contributed by atoms with Crippen molar-refractivity contribution < 1.29 is 14.8 Å². The lowest BCUT2D eigenvalue weighted by molar-refractivity contribution is -0.388. The molecule has 2 aromatic rings. The number of carboxylic acids is 1. The summed E-state index contributed by atoms with van der Waals surface area (Å²) in [5, 5.41) is 28.9. The lowest BCUT2D eigenvalue weighted by Crippen LogP contribution is -1.98. The first-order valence-electron chi connectivity index (χ1n) is 5.43. The maximum Gasteiger partial charge on any atom is 0.335 e. The highest BCUT2D eigenvalue weighted by Gasteiger charge is 2.18. The van der Waals surface area contributed by atoms with Gasteiger partial charge in [0.05, 0.1) is 16.1 Å². The smallest absolute Gasteiger partial charge is 0.335 e. The van der Waals surface area contributed by atoms with Crippen molar-refractivity contribution in [2.75, 3.05) is 0 Å². The Morgan fingerprint density at radius 1 is 1.43 bits per heavy atom. The van der Waals surface area contributed by atoms with Gasteiger partial charge >= 0.3 is 11.7 Å². The van der Waals surface area contributed by atoms with E-state index in [1.165, 1.54) is 24.5 Å². The Bertz CT molecular complexity index is 772. The van der Waals surface area contributed by atoms with Gasteiger partial charge in [-0.3, -0.25) is 10.1 Å². The van der Waals surface area contributed by atoms with Gasteiger partial charge in [0.2, 0.25) is 0 Å². The van der Waals surface area contributed by atoms with Crippen LogP contribution in [0.4, 0.5) is 5.69 Å². The van der Waals surface area contributed by atoms with E-state index in [0.29, 0.717) is 0 Å². The quantitative estimate of drug-likeness (QED) is 0.671. The Morgan fingerprint density at radius 2 is 2.19 bits per heavy atom. The molecule has 8 nitrogen and oxygen atoms in total. The SMILES string of the molecule is N#Cc1cnc(Sc2cc(C(=O)O)ccn2)c([N+](=O)[O-])c1. The molecule has 0 aromatic carbocycles. The number of nitriles is 1. The van der Waals surface area contributed by atoms with Gasteiger partial charge in [0.25, 0.3) is 0 Å². The molecule has 0 aliphatic heterocycles. The van der Waals surface area contributed by atoms with Crippen molar-refractivity contribution in [1.29, 1.82) is 5.26 Å². The van der Waals surface area contributed by atoms with Crippen molar-refractivity contribution in [3.8, 4) is 6.07 Å². The number of carboxylic acid groups (broad SMARTS) is 1. The van der Waals surface area contributed by atoms with Crippen LogP contribution in [-0.2, 0) is 0 Å². The molecule has 2 heterocycles. The minimum absolute atomic E-state index is 0.0174. The first-order chi connectivity index (χ1) is 10.0. The summed E-state index contributed by atoms with van der Waals surface area (Å²) in [6.07, 6.45) is 2.50.